The van der Waals surface area contributed by atoms with Crippen LogP contribution >= 0.6 is 24.0 Å². The molecule has 0 saturated heterocycles. The van der Waals surface area contributed by atoms with E-state index in [4.69, 9.17) is 0 Å². The molecule has 0 radical (unpaired) electrons. The Kier molecular flexibility index (Phi) is 4.21. The summed E-state index contributed by atoms with van der Waals surface area (Å²) < 4.78 is 3.72. The first-order valence-electron chi connectivity index (χ1n) is 1.23. The summed E-state index contributed by atoms with van der Waals surface area (Å²) in [5.74, 6) is 0. The summed E-state index contributed by atoms with van der Waals surface area (Å²) in [7, 11) is 0. The van der Waals surface area contributed by atoms with Crippen molar-refractivity contribution in [1.82, 2.24) is 0 Å². The summed E-state index contributed by atoms with van der Waals surface area (Å²) in [4.78, 5) is 0. The predicted octanol–water partition coefficient (Wildman–Crippen LogP) is -1.78. The first-order chi connectivity index (χ1) is 2.00. The van der Waals surface area contributed by atoms with Crippen LogP contribution in [-0.2, 0) is 0 Å². The fraction of sp³-hybridized carbons (Fsp3) is 0.333. The van der Waals surface area contributed by atoms with Crippen LogP contribution in [0.4, 0.5) is 0 Å². The Bertz CT molecular complexity index is 34.2. The quantitative estimate of drug-likeness (QED) is 0.366. The monoisotopic (exact) mass is 295 g/mol. The molecule has 1 aliphatic heterocycles. The van der Waals surface area contributed by atoms with E-state index >= 15 is 0 Å². The third-order valence-electron chi connectivity index (χ3n) is 0.356. The molecular formula is C3H5I2-. The minimum absolute atomic E-state index is 0. The van der Waals surface area contributed by atoms with Crippen molar-refractivity contribution in [2.75, 3.05) is 4.43 Å². The zero-order valence-electron chi connectivity index (χ0n) is 2.65. The summed E-state index contributed by atoms with van der Waals surface area (Å²) in [6.07, 6.45) is 2.23. The maximum atomic E-state index is 2.29. The molecule has 5 heavy (non-hydrogen) atoms. The standard InChI is InChI=1S/C3H4I.HI/c1-2-4-3-1;/h1-2H,3H2;1H/q-1;. The van der Waals surface area contributed by atoms with Gasteiger partial charge in [-0.15, -0.1) is 24.0 Å². The van der Waals surface area contributed by atoms with E-state index in [9.17, 15) is 0 Å². The Labute approximate surface area is 59.3 Å². The second-order valence-corrected chi connectivity index (χ2v) is 3.15. The van der Waals surface area contributed by atoms with E-state index in [0.717, 1.165) is 0 Å². The molecule has 0 spiro atoms. The van der Waals surface area contributed by atoms with Crippen LogP contribution in [0.25, 0.3) is 0 Å². The molecule has 0 aliphatic carbocycles. The molecule has 1 rings (SSSR count). The Morgan fingerprint density at radius 1 is 1.60 bits per heavy atom. The molecule has 0 fully saturated rings. The molecule has 0 saturated carbocycles. The minimum atomic E-state index is 0. The minimum Gasteiger partial charge on any atom is -0.107 e. The van der Waals surface area contributed by atoms with Crippen molar-refractivity contribution in [2.45, 2.75) is 0 Å². The van der Waals surface area contributed by atoms with Crippen LogP contribution in [-0.4, -0.2) is 4.43 Å². The Hall–Kier alpha value is 1.20. The van der Waals surface area contributed by atoms with Crippen molar-refractivity contribution >= 4 is 24.0 Å². The number of rotatable bonds is 0. The number of hydrogen-bond donors (Lipinski definition) is 0. The van der Waals surface area contributed by atoms with E-state index in [2.05, 4.69) is 10.2 Å². The molecule has 0 aromatic heterocycles. The van der Waals surface area contributed by atoms with Crippen LogP contribution in [0.15, 0.2) is 10.2 Å². The second-order valence-electron chi connectivity index (χ2n) is 0.670. The van der Waals surface area contributed by atoms with Crippen molar-refractivity contribution in [2.24, 2.45) is 0 Å². The van der Waals surface area contributed by atoms with Gasteiger partial charge in [-0.3, -0.25) is 0 Å². The van der Waals surface area contributed by atoms with Gasteiger partial charge in [-0.2, -0.15) is 0 Å². The van der Waals surface area contributed by atoms with E-state index in [0.29, 0.717) is 21.2 Å². The third kappa shape index (κ3) is 1.97. The first-order valence-corrected chi connectivity index (χ1v) is 4.00. The van der Waals surface area contributed by atoms with Crippen molar-refractivity contribution in [3.8, 4) is 0 Å². The predicted molar refractivity (Wildman–Crippen MR) is 29.4 cm³/mol. The molecule has 0 nitrogen and oxygen atoms in total. The van der Waals surface area contributed by atoms with Gasteiger partial charge in [-0.05, 0) is 0 Å². The normalized spacial score (nSPS) is 17.6. The van der Waals surface area contributed by atoms with Crippen molar-refractivity contribution in [3.05, 3.63) is 10.2 Å². The summed E-state index contributed by atoms with van der Waals surface area (Å²) in [6.45, 7) is 0. The number of hydrogen-bond acceptors (Lipinski definition) is 0. The molecule has 32 valence electrons. The Morgan fingerprint density at radius 2 is 1.80 bits per heavy atom. The summed E-state index contributed by atoms with van der Waals surface area (Å²) in [5.41, 5.74) is 0. The smallest absolute Gasteiger partial charge is 0.107 e. The van der Waals surface area contributed by atoms with Gasteiger partial charge in [0.05, 0.1) is 0 Å². The topological polar surface area (TPSA) is 0 Å². The molecule has 0 aromatic rings. The molecule has 0 unspecified atom stereocenters. The van der Waals surface area contributed by atoms with Gasteiger partial charge in [0.15, 0.2) is 0 Å². The average Bonchev–Trinajstić information content (AvgIpc) is 0.722. The van der Waals surface area contributed by atoms with Crippen LogP contribution in [0.1, 0.15) is 0 Å². The van der Waals surface area contributed by atoms with E-state index < -0.39 is 0 Å². The molecule has 1 aliphatic rings. The fourth-order valence-electron chi connectivity index (χ4n) is 0.0891. The maximum absolute atomic E-state index is 2.29. The summed E-state index contributed by atoms with van der Waals surface area (Å²) in [6, 6.07) is 0. The van der Waals surface area contributed by atoms with Gasteiger partial charge in [0.2, 0.25) is 0 Å². The summed E-state index contributed by atoms with van der Waals surface area (Å²) >= 11 is 0.611. The van der Waals surface area contributed by atoms with Crippen molar-refractivity contribution in [1.29, 1.82) is 0 Å². The van der Waals surface area contributed by atoms with Gasteiger partial charge in [-0.25, -0.2) is 0 Å². The molecule has 0 amide bonds. The van der Waals surface area contributed by atoms with E-state index in [1.807, 2.05) is 0 Å². The van der Waals surface area contributed by atoms with E-state index in [1.165, 1.54) is 4.43 Å². The molecule has 0 aromatic carbocycles. The number of alkyl halides is 1. The van der Waals surface area contributed by atoms with Crippen LogP contribution in [0, 0.1) is 0 Å². The van der Waals surface area contributed by atoms with Crippen molar-refractivity contribution in [3.63, 3.8) is 0 Å². The van der Waals surface area contributed by atoms with Crippen LogP contribution in [0.3, 0.4) is 0 Å². The van der Waals surface area contributed by atoms with Gasteiger partial charge < -0.3 is 0 Å². The summed E-state index contributed by atoms with van der Waals surface area (Å²) in [5, 5.41) is 0. The van der Waals surface area contributed by atoms with Gasteiger partial charge in [-0.1, -0.05) is 0 Å². The molecule has 0 bridgehead atoms. The van der Waals surface area contributed by atoms with Gasteiger partial charge in [0, 0.05) is 0 Å². The number of halogens is 2. The van der Waals surface area contributed by atoms with E-state index in [1.54, 1.807) is 0 Å². The average molecular weight is 295 g/mol. The molecule has 0 N–H and O–H groups in total. The largest absolute Gasteiger partial charge is 0.107 e. The fourth-order valence-corrected chi connectivity index (χ4v) is 0.598. The Balaban J connectivity index is 0.000000160. The van der Waals surface area contributed by atoms with Crippen molar-refractivity contribution < 1.29 is 21.2 Å². The number of allylic oxidation sites excluding steroid dienone is 1. The zero-order valence-corrected chi connectivity index (χ0v) is 7.14. The Morgan fingerprint density at radius 3 is 1.80 bits per heavy atom. The van der Waals surface area contributed by atoms with Gasteiger partial charge in [0.25, 0.3) is 0 Å². The molecular weight excluding hydrogens is 290 g/mol. The molecule has 0 atom stereocenters. The first kappa shape index (κ1) is 6.20. The van der Waals surface area contributed by atoms with E-state index in [-0.39, 0.29) is 24.0 Å². The van der Waals surface area contributed by atoms with Crippen LogP contribution < -0.4 is 21.2 Å². The maximum Gasteiger partial charge on any atom is -0.107 e. The molecule has 2 heteroatoms. The van der Waals surface area contributed by atoms with Gasteiger partial charge >= 0.3 is 35.8 Å². The molecule has 1 heterocycles. The van der Waals surface area contributed by atoms with Crippen LogP contribution in [0.2, 0.25) is 0 Å². The van der Waals surface area contributed by atoms with Crippen LogP contribution in [0.5, 0.6) is 0 Å². The van der Waals surface area contributed by atoms with Gasteiger partial charge in [0.1, 0.15) is 0 Å². The SMILES string of the molecule is C1=C[I-]C1.I. The second kappa shape index (κ2) is 3.39. The zero-order chi connectivity index (χ0) is 2.83. The third-order valence-corrected chi connectivity index (χ3v) is 2.39.